The van der Waals surface area contributed by atoms with Crippen LogP contribution in [0.2, 0.25) is 5.02 Å². The summed E-state index contributed by atoms with van der Waals surface area (Å²) in [6.45, 7) is 9.31. The number of halogens is 1. The minimum absolute atomic E-state index is 0.221. The maximum absolute atomic E-state index is 13.7. The van der Waals surface area contributed by atoms with E-state index in [1.165, 1.54) is 0 Å². The number of hydrogen-bond donors (Lipinski definition) is 0. The Hall–Kier alpha value is -2.94. The van der Waals surface area contributed by atoms with E-state index >= 15 is 0 Å². The van der Waals surface area contributed by atoms with Gasteiger partial charge in [-0.05, 0) is 50.1 Å². The third-order valence-electron chi connectivity index (χ3n) is 6.20. The van der Waals surface area contributed by atoms with Gasteiger partial charge in [0.05, 0.1) is 47.0 Å². The molecule has 1 fully saturated rings. The molecule has 2 aromatic carbocycles. The Morgan fingerprint density at radius 2 is 1.82 bits per heavy atom. The largest absolute Gasteiger partial charge is 0.462 e. The minimum Gasteiger partial charge on any atom is -0.462 e. The molecule has 1 saturated heterocycles. The molecule has 8 nitrogen and oxygen atoms in total. The van der Waals surface area contributed by atoms with Gasteiger partial charge in [0.2, 0.25) is 0 Å². The summed E-state index contributed by atoms with van der Waals surface area (Å²) in [5.41, 5.74) is 1.29. The Kier molecular flexibility index (Phi) is 7.21. The Morgan fingerprint density at radius 1 is 1.12 bits per heavy atom. The highest BCUT2D eigenvalue weighted by Crippen LogP contribution is 2.25. The van der Waals surface area contributed by atoms with Crippen LogP contribution < -0.4 is 11.2 Å². The van der Waals surface area contributed by atoms with E-state index in [-0.39, 0.29) is 11.6 Å². The van der Waals surface area contributed by atoms with Crippen LogP contribution in [0.3, 0.4) is 0 Å². The van der Waals surface area contributed by atoms with Crippen LogP contribution in [0.1, 0.15) is 28.4 Å². The van der Waals surface area contributed by atoms with Crippen molar-refractivity contribution in [2.24, 2.45) is 0 Å². The molecule has 0 amide bonds. The van der Waals surface area contributed by atoms with Crippen molar-refractivity contribution in [3.05, 3.63) is 72.9 Å². The van der Waals surface area contributed by atoms with E-state index in [1.807, 2.05) is 0 Å². The normalized spacial score (nSPS) is 14.5. The molecule has 9 heteroatoms. The zero-order chi connectivity index (χ0) is 24.4. The predicted octanol–water partition coefficient (Wildman–Crippen LogP) is 2.93. The van der Waals surface area contributed by atoms with Crippen molar-refractivity contribution in [2.75, 3.05) is 39.5 Å². The number of benzene rings is 2. The molecular weight excluding hydrogens is 458 g/mol. The first kappa shape index (κ1) is 24.2. The summed E-state index contributed by atoms with van der Waals surface area (Å²) in [5, 5.41) is 0.589. The van der Waals surface area contributed by atoms with E-state index < -0.39 is 17.2 Å². The lowest BCUT2D eigenvalue weighted by molar-refractivity contribution is 0.0363. The molecule has 0 atom stereocenters. The van der Waals surface area contributed by atoms with E-state index in [0.717, 1.165) is 17.7 Å². The number of nitrogens with zero attached hydrogens (tertiary/aromatic N) is 3. The fraction of sp³-hybridized carbons (Fsp3) is 0.400. The molecule has 0 saturated carbocycles. The zero-order valence-corrected chi connectivity index (χ0v) is 20.4. The number of aryl methyl sites for hydroxylation is 2. The van der Waals surface area contributed by atoms with Gasteiger partial charge in [0.25, 0.3) is 5.56 Å². The SMILES string of the molecule is CCOC(=O)c1c(C)cc2c(c1C)c(=O)n(-c1ccccc1Cl)c(=O)n2CCN1CCOCC1. The van der Waals surface area contributed by atoms with Crippen LogP contribution in [0.4, 0.5) is 0 Å². The number of hydrogen-bond acceptors (Lipinski definition) is 6. The molecular formula is C25H28ClN3O5. The van der Waals surface area contributed by atoms with Gasteiger partial charge in [0.15, 0.2) is 0 Å². The number of morpholine rings is 1. The molecule has 180 valence electrons. The zero-order valence-electron chi connectivity index (χ0n) is 19.6. The van der Waals surface area contributed by atoms with Crippen molar-refractivity contribution >= 4 is 28.5 Å². The number of aromatic nitrogens is 2. The smallest absolute Gasteiger partial charge is 0.338 e. The lowest BCUT2D eigenvalue weighted by Gasteiger charge is -2.27. The number of rotatable bonds is 6. The Bertz CT molecular complexity index is 1360. The predicted molar refractivity (Wildman–Crippen MR) is 132 cm³/mol. The quantitative estimate of drug-likeness (QED) is 0.499. The monoisotopic (exact) mass is 485 g/mol. The van der Waals surface area contributed by atoms with Gasteiger partial charge in [-0.3, -0.25) is 14.3 Å². The topological polar surface area (TPSA) is 82.8 Å². The summed E-state index contributed by atoms with van der Waals surface area (Å²) >= 11 is 6.39. The van der Waals surface area contributed by atoms with Crippen molar-refractivity contribution in [1.82, 2.24) is 14.0 Å². The van der Waals surface area contributed by atoms with Crippen molar-refractivity contribution in [2.45, 2.75) is 27.3 Å². The van der Waals surface area contributed by atoms with Crippen molar-refractivity contribution in [1.29, 1.82) is 0 Å². The van der Waals surface area contributed by atoms with E-state index in [4.69, 9.17) is 21.1 Å². The highest BCUT2D eigenvalue weighted by Gasteiger charge is 2.24. The molecule has 0 aliphatic carbocycles. The van der Waals surface area contributed by atoms with Crippen LogP contribution in [0.15, 0.2) is 39.9 Å². The molecule has 1 aliphatic rings. The molecule has 0 spiro atoms. The molecule has 0 unspecified atom stereocenters. The second-order valence-corrected chi connectivity index (χ2v) is 8.70. The standard InChI is InChI=1S/C25H28ClN3O5/c1-4-34-24(31)21-16(2)15-20-22(17(21)3)23(30)29(19-8-6-5-7-18(19)26)25(32)28(20)10-9-27-11-13-33-14-12-27/h5-8,15H,4,9-14H2,1-3H3. The number of fused-ring (bicyclic) bond motifs is 1. The molecule has 1 aromatic heterocycles. The summed E-state index contributed by atoms with van der Waals surface area (Å²) in [7, 11) is 0. The number of para-hydroxylation sites is 1. The van der Waals surface area contributed by atoms with Crippen molar-refractivity contribution in [3.63, 3.8) is 0 Å². The highest BCUT2D eigenvalue weighted by atomic mass is 35.5. The molecule has 3 aromatic rings. The van der Waals surface area contributed by atoms with Crippen molar-refractivity contribution < 1.29 is 14.3 Å². The highest BCUT2D eigenvalue weighted by molar-refractivity contribution is 6.32. The molecule has 4 rings (SSSR count). The van der Waals surface area contributed by atoms with Crippen LogP contribution in [-0.4, -0.2) is 59.5 Å². The third-order valence-corrected chi connectivity index (χ3v) is 6.52. The summed E-state index contributed by atoms with van der Waals surface area (Å²) in [4.78, 5) is 42.4. The van der Waals surface area contributed by atoms with E-state index in [1.54, 1.807) is 55.7 Å². The second kappa shape index (κ2) is 10.1. The summed E-state index contributed by atoms with van der Waals surface area (Å²) in [5.74, 6) is -0.492. The van der Waals surface area contributed by atoms with Crippen LogP contribution in [0.5, 0.6) is 0 Å². The van der Waals surface area contributed by atoms with Crippen molar-refractivity contribution in [3.8, 4) is 5.69 Å². The van der Waals surface area contributed by atoms with Crippen LogP contribution >= 0.6 is 11.6 Å². The first-order valence-electron chi connectivity index (χ1n) is 11.4. The van der Waals surface area contributed by atoms with E-state index in [9.17, 15) is 14.4 Å². The Morgan fingerprint density at radius 3 is 2.50 bits per heavy atom. The van der Waals surface area contributed by atoms with Crippen LogP contribution in [-0.2, 0) is 16.0 Å². The molecule has 0 bridgehead atoms. The number of carbonyl (C=O) groups is 1. The van der Waals surface area contributed by atoms with Gasteiger partial charge in [-0.2, -0.15) is 0 Å². The molecule has 34 heavy (non-hydrogen) atoms. The average Bonchev–Trinajstić information content (AvgIpc) is 2.80. The molecule has 0 N–H and O–H groups in total. The minimum atomic E-state index is -0.515. The van der Waals surface area contributed by atoms with Gasteiger partial charge in [-0.25, -0.2) is 14.2 Å². The van der Waals surface area contributed by atoms with Gasteiger partial charge < -0.3 is 9.47 Å². The maximum atomic E-state index is 13.7. The first-order chi connectivity index (χ1) is 16.3. The number of ether oxygens (including phenoxy) is 2. The fourth-order valence-electron chi connectivity index (χ4n) is 4.51. The lowest BCUT2D eigenvalue weighted by Crippen LogP contribution is -2.43. The first-order valence-corrected chi connectivity index (χ1v) is 11.7. The summed E-state index contributed by atoms with van der Waals surface area (Å²) in [6, 6.07) is 8.47. The fourth-order valence-corrected chi connectivity index (χ4v) is 4.73. The molecule has 1 aliphatic heterocycles. The average molecular weight is 486 g/mol. The van der Waals surface area contributed by atoms with Gasteiger partial charge in [0.1, 0.15) is 0 Å². The van der Waals surface area contributed by atoms with Crippen LogP contribution in [0, 0.1) is 13.8 Å². The lowest BCUT2D eigenvalue weighted by atomic mass is 9.98. The van der Waals surface area contributed by atoms with Gasteiger partial charge >= 0.3 is 11.7 Å². The number of esters is 1. The molecule has 0 radical (unpaired) electrons. The van der Waals surface area contributed by atoms with E-state index in [2.05, 4.69) is 4.90 Å². The second-order valence-electron chi connectivity index (χ2n) is 8.29. The Balaban J connectivity index is 2.00. The Labute approximate surface area is 202 Å². The summed E-state index contributed by atoms with van der Waals surface area (Å²) < 4.78 is 13.4. The third kappa shape index (κ3) is 4.41. The molecule has 2 heterocycles. The maximum Gasteiger partial charge on any atom is 0.338 e. The number of carbonyl (C=O) groups excluding carboxylic acids is 1. The van der Waals surface area contributed by atoms with Gasteiger partial charge in [-0.15, -0.1) is 0 Å². The van der Waals surface area contributed by atoms with Crippen LogP contribution in [0.25, 0.3) is 16.6 Å². The summed E-state index contributed by atoms with van der Waals surface area (Å²) in [6.07, 6.45) is 0. The van der Waals surface area contributed by atoms with Gasteiger partial charge in [0, 0.05) is 26.2 Å². The van der Waals surface area contributed by atoms with E-state index in [0.29, 0.717) is 59.6 Å². The van der Waals surface area contributed by atoms with Gasteiger partial charge in [-0.1, -0.05) is 23.7 Å².